The summed E-state index contributed by atoms with van der Waals surface area (Å²) in [7, 11) is -1.60. The van der Waals surface area contributed by atoms with Crippen molar-refractivity contribution < 1.29 is 36.6 Å². The number of benzene rings is 4. The van der Waals surface area contributed by atoms with Gasteiger partial charge >= 0.3 is 0 Å². The monoisotopic (exact) mass is 717 g/mol. The topological polar surface area (TPSA) is 114 Å². The number of carbonyl (C=O) groups is 2. The molecule has 10 nitrogen and oxygen atoms in total. The van der Waals surface area contributed by atoms with Crippen molar-refractivity contribution in [1.29, 1.82) is 0 Å². The summed E-state index contributed by atoms with van der Waals surface area (Å²) < 4.78 is 61.5. The van der Waals surface area contributed by atoms with E-state index in [4.69, 9.17) is 14.2 Å². The minimum atomic E-state index is -4.44. The number of hydrogen-bond donors (Lipinski definition) is 1. The molecule has 1 aliphatic carbocycles. The summed E-state index contributed by atoms with van der Waals surface area (Å²) in [6.07, 6.45) is 3.74. The van der Waals surface area contributed by atoms with E-state index in [-0.39, 0.29) is 46.8 Å². The Morgan fingerprint density at radius 3 is 2.20 bits per heavy atom. The normalized spacial score (nSPS) is 13.6. The largest absolute Gasteiger partial charge is 0.494 e. The van der Waals surface area contributed by atoms with Crippen molar-refractivity contribution in [3.8, 4) is 17.2 Å². The number of nitrogens with one attached hydrogen (secondary N) is 1. The van der Waals surface area contributed by atoms with Gasteiger partial charge in [-0.05, 0) is 67.8 Å². The summed E-state index contributed by atoms with van der Waals surface area (Å²) in [5, 5.41) is 3.12. The van der Waals surface area contributed by atoms with Crippen molar-refractivity contribution in [2.24, 2.45) is 0 Å². The average molecular weight is 718 g/mol. The van der Waals surface area contributed by atoms with Crippen molar-refractivity contribution in [3.63, 3.8) is 0 Å². The molecule has 2 amide bonds. The molecule has 51 heavy (non-hydrogen) atoms. The lowest BCUT2D eigenvalue weighted by Crippen LogP contribution is -2.54. The molecule has 0 spiro atoms. The quantitative estimate of drug-likeness (QED) is 0.148. The molecule has 0 saturated heterocycles. The fourth-order valence-electron chi connectivity index (χ4n) is 6.24. The highest BCUT2D eigenvalue weighted by molar-refractivity contribution is 7.92. The molecule has 4 aromatic carbocycles. The van der Waals surface area contributed by atoms with E-state index in [9.17, 15) is 18.0 Å². The van der Waals surface area contributed by atoms with Crippen LogP contribution in [0.5, 0.6) is 17.2 Å². The Hall–Kier alpha value is -5.10. The van der Waals surface area contributed by atoms with Crippen LogP contribution in [-0.4, -0.2) is 64.6 Å². The smallest absolute Gasteiger partial charge is 0.264 e. The Morgan fingerprint density at radius 2 is 1.55 bits per heavy atom. The molecule has 0 aliphatic heterocycles. The summed E-state index contributed by atoms with van der Waals surface area (Å²) in [6.45, 7) is 1.28. The molecule has 12 heteroatoms. The van der Waals surface area contributed by atoms with Crippen LogP contribution in [0.2, 0.25) is 0 Å². The van der Waals surface area contributed by atoms with Crippen molar-refractivity contribution in [2.45, 2.75) is 62.6 Å². The molecule has 0 bridgehead atoms. The predicted octanol–water partition coefficient (Wildman–Crippen LogP) is 6.14. The number of nitrogens with zero attached hydrogens (tertiary/aromatic N) is 2. The first-order valence-corrected chi connectivity index (χ1v) is 18.4. The van der Waals surface area contributed by atoms with Gasteiger partial charge in [0, 0.05) is 30.6 Å². The third-order valence-electron chi connectivity index (χ3n) is 8.93. The van der Waals surface area contributed by atoms with Crippen LogP contribution in [0.1, 0.15) is 43.7 Å². The number of carbonyl (C=O) groups excluding carboxylic acids is 2. The van der Waals surface area contributed by atoms with Gasteiger partial charge in [0.15, 0.2) is 11.5 Å². The minimum absolute atomic E-state index is 0.0491. The van der Waals surface area contributed by atoms with E-state index in [0.717, 1.165) is 35.6 Å². The molecule has 0 aromatic heterocycles. The number of ether oxygens (including phenoxy) is 3. The molecular weight excluding hydrogens is 674 g/mol. The van der Waals surface area contributed by atoms with Crippen molar-refractivity contribution in [2.75, 3.05) is 31.7 Å². The molecular formula is C39H44FN3O7S. The van der Waals surface area contributed by atoms with Crippen molar-refractivity contribution in [3.05, 3.63) is 114 Å². The summed E-state index contributed by atoms with van der Waals surface area (Å²) >= 11 is 0. The van der Waals surface area contributed by atoms with Gasteiger partial charge in [-0.15, -0.1) is 0 Å². The summed E-state index contributed by atoms with van der Waals surface area (Å²) in [4.78, 5) is 30.0. The van der Waals surface area contributed by atoms with Gasteiger partial charge in [0.2, 0.25) is 11.8 Å². The first kappa shape index (κ1) is 37.2. The molecule has 0 heterocycles. The Labute approximate surface area is 299 Å². The van der Waals surface area contributed by atoms with Crippen molar-refractivity contribution in [1.82, 2.24) is 10.2 Å². The van der Waals surface area contributed by atoms with Gasteiger partial charge < -0.3 is 24.4 Å². The van der Waals surface area contributed by atoms with Crippen LogP contribution < -0.4 is 23.8 Å². The van der Waals surface area contributed by atoms with Gasteiger partial charge in [-0.2, -0.15) is 0 Å². The van der Waals surface area contributed by atoms with Gasteiger partial charge in [-0.25, -0.2) is 12.8 Å². The van der Waals surface area contributed by atoms with Gasteiger partial charge in [0.25, 0.3) is 10.0 Å². The second-order valence-corrected chi connectivity index (χ2v) is 14.1. The molecule has 1 saturated carbocycles. The zero-order valence-electron chi connectivity index (χ0n) is 29.1. The van der Waals surface area contributed by atoms with Crippen LogP contribution in [-0.2, 0) is 32.6 Å². The lowest BCUT2D eigenvalue weighted by atomic mass is 10.0. The first-order valence-electron chi connectivity index (χ1n) is 17.0. The molecule has 4 aromatic rings. The Morgan fingerprint density at radius 1 is 0.882 bits per heavy atom. The van der Waals surface area contributed by atoms with Crippen LogP contribution in [0.25, 0.3) is 0 Å². The van der Waals surface area contributed by atoms with E-state index in [1.54, 1.807) is 42.5 Å². The Bertz CT molecular complexity index is 1880. The third kappa shape index (κ3) is 9.18. The van der Waals surface area contributed by atoms with Crippen LogP contribution in [0, 0.1) is 5.82 Å². The number of anilines is 1. The van der Waals surface area contributed by atoms with Gasteiger partial charge in [-0.3, -0.25) is 13.9 Å². The lowest BCUT2D eigenvalue weighted by Gasteiger charge is -2.34. The van der Waals surface area contributed by atoms with Gasteiger partial charge in [0.1, 0.15) is 24.2 Å². The highest BCUT2D eigenvalue weighted by Crippen LogP contribution is 2.33. The molecule has 1 fully saturated rings. The second kappa shape index (κ2) is 17.2. The maximum absolute atomic E-state index is 15.2. The van der Waals surface area contributed by atoms with E-state index >= 15 is 4.39 Å². The summed E-state index contributed by atoms with van der Waals surface area (Å²) in [6, 6.07) is 24.6. The molecule has 1 N–H and O–H groups in total. The number of methoxy groups -OCH3 is 2. The van der Waals surface area contributed by atoms with Crippen LogP contribution in [0.4, 0.5) is 10.1 Å². The molecule has 0 unspecified atom stereocenters. The first-order chi connectivity index (χ1) is 24.6. The van der Waals surface area contributed by atoms with Crippen LogP contribution in [0.15, 0.2) is 102 Å². The molecule has 0 radical (unpaired) electrons. The number of amides is 2. The maximum Gasteiger partial charge on any atom is 0.264 e. The highest BCUT2D eigenvalue weighted by Gasteiger charge is 2.36. The Balaban J connectivity index is 1.59. The predicted molar refractivity (Wildman–Crippen MR) is 193 cm³/mol. The zero-order valence-corrected chi connectivity index (χ0v) is 29.9. The fraction of sp³-hybridized carbons (Fsp3) is 0.333. The van der Waals surface area contributed by atoms with Gasteiger partial charge in [-0.1, -0.05) is 61.4 Å². The summed E-state index contributed by atoms with van der Waals surface area (Å²) in [5.74, 6) is -0.600. The summed E-state index contributed by atoms with van der Waals surface area (Å²) in [5.41, 5.74) is 1.16. The van der Waals surface area contributed by atoms with Crippen LogP contribution >= 0.6 is 0 Å². The molecule has 5 rings (SSSR count). The molecule has 1 aliphatic rings. The van der Waals surface area contributed by atoms with Gasteiger partial charge in [0.05, 0.1) is 31.4 Å². The van der Waals surface area contributed by atoms with E-state index in [1.807, 2.05) is 37.3 Å². The van der Waals surface area contributed by atoms with E-state index in [2.05, 4.69) is 5.32 Å². The van der Waals surface area contributed by atoms with Crippen molar-refractivity contribution >= 4 is 27.5 Å². The van der Waals surface area contributed by atoms with E-state index in [0.29, 0.717) is 18.1 Å². The Kier molecular flexibility index (Phi) is 12.5. The van der Waals surface area contributed by atoms with E-state index < -0.39 is 34.3 Å². The SMILES string of the molecule is CCOc1ccc(N(CC(=O)N(Cc2ccccc2F)[C@H](Cc2ccccc2)C(=O)NC2CCCC2)S(=O)(=O)c2ccc(OC)c(OC)c2)cc1. The third-order valence-corrected chi connectivity index (χ3v) is 10.7. The molecule has 270 valence electrons. The fourth-order valence-corrected chi connectivity index (χ4v) is 7.67. The lowest BCUT2D eigenvalue weighted by molar-refractivity contribution is -0.140. The standard InChI is InChI=1S/C39H44FN3O7S/c1-4-50-32-20-18-31(19-21-32)43(51(46,47)33-22-23-36(48-2)37(25-33)49-3)27-38(44)42(26-29-14-8-11-17-34(29)40)35(24-28-12-6-5-7-13-28)39(45)41-30-15-9-10-16-30/h5-8,11-14,17-23,25,30,35H,4,9-10,15-16,24,26-27H2,1-3H3,(H,41,45)/t35-/m1/s1. The number of hydrogen-bond acceptors (Lipinski definition) is 7. The number of sulfonamides is 1. The van der Waals surface area contributed by atoms with E-state index in [1.165, 1.54) is 43.4 Å². The number of halogens is 1. The average Bonchev–Trinajstić information content (AvgIpc) is 3.66. The second-order valence-electron chi connectivity index (χ2n) is 12.3. The minimum Gasteiger partial charge on any atom is -0.494 e. The number of rotatable bonds is 16. The molecule has 1 atom stereocenters. The maximum atomic E-state index is 15.2. The van der Waals surface area contributed by atoms with Crippen LogP contribution in [0.3, 0.4) is 0 Å². The zero-order chi connectivity index (χ0) is 36.4. The highest BCUT2D eigenvalue weighted by atomic mass is 32.2.